The number of fused-ring (bicyclic) bond motifs is 1. The lowest BCUT2D eigenvalue weighted by Gasteiger charge is -2.57. The second-order valence-corrected chi connectivity index (χ2v) is 11.7. The molecular formula is C32H40O6. The molecule has 0 bridgehead atoms. The summed E-state index contributed by atoms with van der Waals surface area (Å²) in [5.74, 6) is -1.85. The highest BCUT2D eigenvalue weighted by molar-refractivity contribution is 6.01. The van der Waals surface area contributed by atoms with Crippen LogP contribution in [0.1, 0.15) is 77.1 Å². The monoisotopic (exact) mass is 520 g/mol. The summed E-state index contributed by atoms with van der Waals surface area (Å²) >= 11 is 0. The molecule has 0 fully saturated rings. The molecule has 204 valence electrons. The highest BCUT2D eigenvalue weighted by Gasteiger charge is 2.67. The summed E-state index contributed by atoms with van der Waals surface area (Å²) < 4.78 is 12.5. The highest BCUT2D eigenvalue weighted by Crippen LogP contribution is 2.60. The molecule has 2 N–H and O–H groups in total. The van der Waals surface area contributed by atoms with Crippen molar-refractivity contribution in [3.63, 3.8) is 0 Å². The normalized spacial score (nSPS) is 25.8. The van der Waals surface area contributed by atoms with E-state index >= 15 is 0 Å². The number of ketones is 2. The van der Waals surface area contributed by atoms with E-state index in [9.17, 15) is 19.8 Å². The molecule has 0 radical (unpaired) electrons. The van der Waals surface area contributed by atoms with Gasteiger partial charge < -0.3 is 19.7 Å². The molecule has 4 rings (SSSR count). The van der Waals surface area contributed by atoms with Gasteiger partial charge >= 0.3 is 0 Å². The molecule has 6 heteroatoms. The predicted molar refractivity (Wildman–Crippen MR) is 147 cm³/mol. The number of aromatic hydroxyl groups is 1. The number of benzene rings is 1. The van der Waals surface area contributed by atoms with Crippen LogP contribution in [-0.4, -0.2) is 34.2 Å². The van der Waals surface area contributed by atoms with Gasteiger partial charge in [0.15, 0.2) is 5.78 Å². The summed E-state index contributed by atoms with van der Waals surface area (Å²) in [7, 11) is 0. The molecule has 0 saturated heterocycles. The Kier molecular flexibility index (Phi) is 7.26. The van der Waals surface area contributed by atoms with Crippen LogP contribution >= 0.6 is 0 Å². The molecule has 1 aromatic rings. The third kappa shape index (κ3) is 4.33. The Morgan fingerprint density at radius 1 is 1.08 bits per heavy atom. The quantitative estimate of drug-likeness (QED) is 0.464. The predicted octanol–water partition coefficient (Wildman–Crippen LogP) is 5.76. The van der Waals surface area contributed by atoms with Crippen molar-refractivity contribution in [1.82, 2.24) is 0 Å². The van der Waals surface area contributed by atoms with Crippen LogP contribution in [0.5, 0.6) is 11.5 Å². The molecule has 2 aliphatic heterocycles. The Labute approximate surface area is 225 Å². The van der Waals surface area contributed by atoms with Crippen LogP contribution < -0.4 is 4.74 Å². The van der Waals surface area contributed by atoms with Crippen LogP contribution in [0.25, 0.3) is 0 Å². The van der Waals surface area contributed by atoms with Crippen LogP contribution in [0.15, 0.2) is 46.3 Å². The minimum atomic E-state index is -1.88. The van der Waals surface area contributed by atoms with Crippen LogP contribution in [0.3, 0.4) is 0 Å². The van der Waals surface area contributed by atoms with Crippen molar-refractivity contribution in [1.29, 1.82) is 0 Å². The molecule has 0 saturated carbocycles. The average Bonchev–Trinajstić information content (AvgIpc) is 2.83. The second-order valence-electron chi connectivity index (χ2n) is 11.7. The Morgan fingerprint density at radius 2 is 1.71 bits per heavy atom. The number of ether oxygens (including phenoxy) is 2. The van der Waals surface area contributed by atoms with Gasteiger partial charge in [0.1, 0.15) is 23.9 Å². The molecule has 6 nitrogen and oxygen atoms in total. The number of hydrogen-bond acceptors (Lipinski definition) is 6. The van der Waals surface area contributed by atoms with Gasteiger partial charge in [-0.2, -0.15) is 0 Å². The number of rotatable bonds is 6. The number of carbonyl (C=O) groups excluding carboxylic acids is 2. The topological polar surface area (TPSA) is 93.1 Å². The maximum absolute atomic E-state index is 13.7. The van der Waals surface area contributed by atoms with Crippen LogP contribution in [0.2, 0.25) is 0 Å². The standard InChI is InChI=1S/C32H40O6/c1-17(2)9-11-23-25(13-19(5)33)26-15-31-16-37-20(6)14-27(31)24(12-10-18(3)4)29(35)22(8)32(31,36)38-30(26)21(7)28(23)34/h9-10,14,22,34,36H,11-13,15-16H2,1-8H3. The van der Waals surface area contributed by atoms with Gasteiger partial charge in [0.25, 0.3) is 0 Å². The first kappa shape index (κ1) is 27.9. The first-order chi connectivity index (χ1) is 17.7. The van der Waals surface area contributed by atoms with Gasteiger partial charge in [-0.15, -0.1) is 0 Å². The van der Waals surface area contributed by atoms with Crippen molar-refractivity contribution in [2.24, 2.45) is 11.3 Å². The molecule has 3 atom stereocenters. The van der Waals surface area contributed by atoms with E-state index in [-0.39, 0.29) is 30.3 Å². The summed E-state index contributed by atoms with van der Waals surface area (Å²) in [6.07, 6.45) is 7.30. The van der Waals surface area contributed by atoms with Crippen LogP contribution in [0.4, 0.5) is 0 Å². The van der Waals surface area contributed by atoms with Crippen molar-refractivity contribution in [3.05, 3.63) is 68.5 Å². The summed E-state index contributed by atoms with van der Waals surface area (Å²) in [5.41, 5.74) is 5.25. The van der Waals surface area contributed by atoms with Gasteiger partial charge in [-0.3, -0.25) is 9.59 Å². The minimum absolute atomic E-state index is 0.0323. The van der Waals surface area contributed by atoms with Gasteiger partial charge in [0.2, 0.25) is 5.79 Å². The lowest BCUT2D eigenvalue weighted by atomic mass is 9.56. The molecule has 1 spiro atoms. The fourth-order valence-electron chi connectivity index (χ4n) is 6.13. The number of allylic oxidation sites excluding steroid dienone is 7. The van der Waals surface area contributed by atoms with E-state index in [4.69, 9.17) is 9.47 Å². The lowest BCUT2D eigenvalue weighted by Crippen LogP contribution is -2.67. The van der Waals surface area contributed by atoms with Crippen molar-refractivity contribution in [2.45, 2.75) is 86.9 Å². The number of phenols is 1. The van der Waals surface area contributed by atoms with Gasteiger partial charge in [-0.25, -0.2) is 0 Å². The number of aliphatic hydroxyl groups is 1. The van der Waals surface area contributed by atoms with Gasteiger partial charge in [-0.05, 0) is 91.9 Å². The summed E-state index contributed by atoms with van der Waals surface area (Å²) in [6, 6.07) is 0. The highest BCUT2D eigenvalue weighted by atomic mass is 16.6. The smallest absolute Gasteiger partial charge is 0.231 e. The minimum Gasteiger partial charge on any atom is -0.507 e. The lowest BCUT2D eigenvalue weighted by molar-refractivity contribution is -0.259. The van der Waals surface area contributed by atoms with E-state index in [1.54, 1.807) is 13.8 Å². The van der Waals surface area contributed by atoms with Crippen molar-refractivity contribution in [3.8, 4) is 11.5 Å². The SMILES string of the molecule is CC(=O)Cc1c(CC=C(C)C)c(O)c(C)c2c1CC13COC(C)=CC1=C(CC=C(C)C)C(=O)C(C)C3(O)O2. The molecular weight excluding hydrogens is 480 g/mol. The Morgan fingerprint density at radius 3 is 2.32 bits per heavy atom. The molecule has 3 unspecified atom stereocenters. The zero-order chi connectivity index (χ0) is 28.2. The van der Waals surface area contributed by atoms with Gasteiger partial charge in [0.05, 0.1) is 17.1 Å². The number of phenolic OH excluding ortho intramolecular Hbond substituents is 1. The first-order valence-electron chi connectivity index (χ1n) is 13.4. The van der Waals surface area contributed by atoms with Gasteiger partial charge in [0, 0.05) is 28.7 Å². The maximum atomic E-state index is 13.7. The van der Waals surface area contributed by atoms with Crippen molar-refractivity contribution in [2.75, 3.05) is 6.61 Å². The number of hydrogen-bond donors (Lipinski definition) is 2. The fraction of sp³-hybridized carbons (Fsp3) is 0.500. The third-order valence-electron chi connectivity index (χ3n) is 8.27. The molecule has 0 aromatic heterocycles. The average molecular weight is 521 g/mol. The second kappa shape index (κ2) is 9.88. The molecule has 1 aromatic carbocycles. The van der Waals surface area contributed by atoms with Crippen LogP contribution in [-0.2, 0) is 33.6 Å². The largest absolute Gasteiger partial charge is 0.507 e. The van der Waals surface area contributed by atoms with E-state index in [1.807, 2.05) is 52.8 Å². The molecule has 0 amide bonds. The molecule has 1 aliphatic carbocycles. The number of carbonyl (C=O) groups is 2. The Bertz CT molecular complexity index is 1330. The van der Waals surface area contributed by atoms with Crippen LogP contribution in [0, 0.1) is 18.3 Å². The summed E-state index contributed by atoms with van der Waals surface area (Å²) in [5, 5.41) is 23.6. The van der Waals surface area contributed by atoms with Crippen molar-refractivity contribution < 1.29 is 29.3 Å². The van der Waals surface area contributed by atoms with E-state index in [1.165, 1.54) is 6.92 Å². The number of Topliss-reactive ketones (excluding diaryl/α,β-unsaturated/α-hetero) is 2. The maximum Gasteiger partial charge on any atom is 0.231 e. The first-order valence-corrected chi connectivity index (χ1v) is 13.4. The zero-order valence-electron chi connectivity index (χ0n) is 23.9. The summed E-state index contributed by atoms with van der Waals surface area (Å²) in [6.45, 7) is 15.0. The van der Waals surface area contributed by atoms with Crippen molar-refractivity contribution >= 4 is 11.6 Å². The Hall–Kier alpha value is -3.12. The van der Waals surface area contributed by atoms with Gasteiger partial charge in [-0.1, -0.05) is 23.3 Å². The molecule has 38 heavy (non-hydrogen) atoms. The molecule has 3 aliphatic rings. The fourth-order valence-corrected chi connectivity index (χ4v) is 6.13. The Balaban J connectivity index is 2.05. The van der Waals surface area contributed by atoms with E-state index in [0.717, 1.165) is 27.8 Å². The summed E-state index contributed by atoms with van der Waals surface area (Å²) in [4.78, 5) is 26.2. The third-order valence-corrected chi connectivity index (χ3v) is 8.27. The van der Waals surface area contributed by atoms with E-state index in [0.29, 0.717) is 47.5 Å². The molecule has 2 heterocycles. The van der Waals surface area contributed by atoms with E-state index in [2.05, 4.69) is 0 Å². The zero-order valence-corrected chi connectivity index (χ0v) is 23.9. The van der Waals surface area contributed by atoms with E-state index < -0.39 is 17.1 Å².